The molecule has 0 unspecified atom stereocenters. The van der Waals surface area contributed by atoms with Crippen LogP contribution < -0.4 is 5.32 Å². The number of hydrogen-bond donors (Lipinski definition) is 1. The summed E-state index contributed by atoms with van der Waals surface area (Å²) in [6.45, 7) is -4.25. The number of halogens is 2. The van der Waals surface area contributed by atoms with Crippen LogP contribution in [0.15, 0.2) is 114 Å². The molecule has 0 amide bonds. The van der Waals surface area contributed by atoms with Gasteiger partial charge in [-0.2, -0.15) is 0 Å². The molecule has 0 saturated heterocycles. The third-order valence-electron chi connectivity index (χ3n) is 6.69. The molecule has 0 bridgehead atoms. The largest absolute Gasteiger partial charge is 0.738 e. The molecule has 3 heterocycles. The summed E-state index contributed by atoms with van der Waals surface area (Å²) < 4.78 is 36.0. The number of nitrogens with one attached hydrogen (secondary N) is 1. The Kier molecular flexibility index (Phi) is 4.12. The van der Waals surface area contributed by atoms with Crippen LogP contribution in [0, 0.1) is 0 Å². The van der Waals surface area contributed by atoms with Crippen LogP contribution in [0.5, 0.6) is 0 Å². The Morgan fingerprint density at radius 1 is 0.743 bits per heavy atom. The minimum Gasteiger partial charge on any atom is -0.389 e. The maximum atomic E-state index is 16.8. The second kappa shape index (κ2) is 7.24. The Balaban J connectivity index is 1.61. The molecule has 1 aromatic heterocycles. The number of aliphatic imine (C=N–C) groups is 1. The first-order valence-electron chi connectivity index (χ1n) is 11.5. The lowest BCUT2D eigenvalue weighted by molar-refractivity contribution is -0.328. The zero-order valence-electron chi connectivity index (χ0n) is 18.6. The van der Waals surface area contributed by atoms with Crippen molar-refractivity contribution in [2.24, 2.45) is 4.99 Å². The SMILES string of the molecule is F[B-]1(F)n2c(c(Nc3ccccc3)c3ccccc32)C2=Nc3ccccc3C2=[N+]1c1ccccc1. The smallest absolute Gasteiger partial charge is 0.389 e. The van der Waals surface area contributed by atoms with Gasteiger partial charge in [-0.1, -0.05) is 66.7 Å². The number of rotatable bonds is 3. The summed E-state index contributed by atoms with van der Waals surface area (Å²) in [5.74, 6) is 0. The second-order valence-corrected chi connectivity index (χ2v) is 8.72. The Hall–Kier alpha value is -4.52. The average molecular weight is 460 g/mol. The van der Waals surface area contributed by atoms with Crippen LogP contribution in [0.4, 0.5) is 31.4 Å². The van der Waals surface area contributed by atoms with Crippen molar-refractivity contribution >= 4 is 52.0 Å². The minimum atomic E-state index is -4.25. The first kappa shape index (κ1) is 19.9. The molecule has 1 N–H and O–H groups in total. The van der Waals surface area contributed by atoms with Crippen LogP contribution >= 0.6 is 0 Å². The van der Waals surface area contributed by atoms with Gasteiger partial charge in [0.15, 0.2) is 17.1 Å². The van der Waals surface area contributed by atoms with Crippen molar-refractivity contribution in [3.8, 4) is 0 Å². The van der Waals surface area contributed by atoms with E-state index < -0.39 is 6.97 Å². The normalized spacial score (nSPS) is 15.4. The third-order valence-corrected chi connectivity index (χ3v) is 6.69. The molecule has 35 heavy (non-hydrogen) atoms. The van der Waals surface area contributed by atoms with E-state index in [9.17, 15) is 0 Å². The number of fused-ring (bicyclic) bond motifs is 7. The quantitative estimate of drug-likeness (QED) is 0.292. The highest BCUT2D eigenvalue weighted by atomic mass is 19.2. The molecule has 2 aliphatic heterocycles. The van der Waals surface area contributed by atoms with Gasteiger partial charge in [0, 0.05) is 28.7 Å². The monoisotopic (exact) mass is 460 g/mol. The molecule has 0 aliphatic carbocycles. The van der Waals surface area contributed by atoms with Gasteiger partial charge in [0.05, 0.1) is 22.6 Å². The van der Waals surface area contributed by atoms with Crippen molar-refractivity contribution in [1.29, 1.82) is 0 Å². The van der Waals surface area contributed by atoms with Gasteiger partial charge >= 0.3 is 6.97 Å². The Labute approximate surface area is 200 Å². The molecule has 5 aromatic rings. The summed E-state index contributed by atoms with van der Waals surface area (Å²) >= 11 is 0. The summed E-state index contributed by atoms with van der Waals surface area (Å²) in [5, 5.41) is 4.15. The average Bonchev–Trinajstić information content (AvgIpc) is 3.42. The molecule has 2 aliphatic rings. The summed E-state index contributed by atoms with van der Waals surface area (Å²) in [6, 6.07) is 33.3. The van der Waals surface area contributed by atoms with E-state index in [-0.39, 0.29) is 0 Å². The number of anilines is 2. The second-order valence-electron chi connectivity index (χ2n) is 8.72. The predicted molar refractivity (Wildman–Crippen MR) is 138 cm³/mol. The molecule has 0 radical (unpaired) electrons. The fourth-order valence-electron chi connectivity index (χ4n) is 5.26. The van der Waals surface area contributed by atoms with Crippen molar-refractivity contribution < 1.29 is 13.1 Å². The van der Waals surface area contributed by atoms with E-state index >= 15 is 8.63 Å². The predicted octanol–water partition coefficient (Wildman–Crippen LogP) is 6.89. The van der Waals surface area contributed by atoms with Crippen molar-refractivity contribution in [2.45, 2.75) is 0 Å². The lowest BCUT2D eigenvalue weighted by Crippen LogP contribution is -2.54. The van der Waals surface area contributed by atoms with Gasteiger partial charge in [-0.05, 0) is 30.3 Å². The Bertz CT molecular complexity index is 1690. The molecule has 7 heteroatoms. The van der Waals surface area contributed by atoms with E-state index in [1.165, 1.54) is 8.96 Å². The molecule has 7 rings (SSSR count). The minimum absolute atomic E-state index is 0.401. The van der Waals surface area contributed by atoms with E-state index in [1.54, 1.807) is 36.4 Å². The molecule has 168 valence electrons. The van der Waals surface area contributed by atoms with Gasteiger partial charge in [-0.25, -0.2) is 4.99 Å². The Morgan fingerprint density at radius 3 is 2.20 bits per heavy atom. The highest BCUT2D eigenvalue weighted by Crippen LogP contribution is 2.44. The van der Waals surface area contributed by atoms with E-state index in [4.69, 9.17) is 4.99 Å². The molecule has 0 saturated carbocycles. The number of aromatic nitrogens is 1. The van der Waals surface area contributed by atoms with Crippen molar-refractivity contribution in [2.75, 3.05) is 5.32 Å². The Morgan fingerprint density at radius 2 is 1.40 bits per heavy atom. The summed E-state index contributed by atoms with van der Waals surface area (Å²) in [7, 11) is 0. The van der Waals surface area contributed by atoms with Gasteiger partial charge < -0.3 is 22.9 Å². The molecule has 0 spiro atoms. The fourth-order valence-corrected chi connectivity index (χ4v) is 5.26. The summed E-state index contributed by atoms with van der Waals surface area (Å²) in [4.78, 5) is 4.91. The molecule has 4 nitrogen and oxygen atoms in total. The van der Waals surface area contributed by atoms with Crippen LogP contribution in [-0.2, 0) is 0 Å². The number of nitrogens with zero attached hydrogens (tertiary/aromatic N) is 3. The summed E-state index contributed by atoms with van der Waals surface area (Å²) in [6.07, 6.45) is 0. The zero-order chi connectivity index (χ0) is 23.6. The van der Waals surface area contributed by atoms with Crippen molar-refractivity contribution in [3.63, 3.8) is 0 Å². The van der Waals surface area contributed by atoms with Crippen molar-refractivity contribution in [3.05, 3.63) is 120 Å². The lowest BCUT2D eigenvalue weighted by atomic mass is 9.86. The van der Waals surface area contributed by atoms with Crippen LogP contribution in [0.2, 0.25) is 0 Å². The van der Waals surface area contributed by atoms with E-state index in [0.29, 0.717) is 45.3 Å². The topological polar surface area (TPSA) is 32.3 Å². The highest BCUT2D eigenvalue weighted by Gasteiger charge is 2.56. The summed E-state index contributed by atoms with van der Waals surface area (Å²) in [5.41, 5.74) is 5.11. The molecular weight excluding hydrogens is 441 g/mol. The lowest BCUT2D eigenvalue weighted by Gasteiger charge is -2.32. The zero-order valence-corrected chi connectivity index (χ0v) is 18.6. The van der Waals surface area contributed by atoms with Crippen LogP contribution in [-0.4, -0.2) is 27.4 Å². The molecule has 4 aromatic carbocycles. The van der Waals surface area contributed by atoms with Gasteiger partial charge in [0.25, 0.3) is 0 Å². The first-order valence-corrected chi connectivity index (χ1v) is 11.5. The van der Waals surface area contributed by atoms with Crippen LogP contribution in [0.25, 0.3) is 10.9 Å². The van der Waals surface area contributed by atoms with Crippen LogP contribution in [0.1, 0.15) is 11.3 Å². The van der Waals surface area contributed by atoms with E-state index in [2.05, 4.69) is 5.32 Å². The maximum Gasteiger partial charge on any atom is 0.738 e. The number of benzene rings is 4. The van der Waals surface area contributed by atoms with Crippen molar-refractivity contribution in [1.82, 2.24) is 4.48 Å². The fraction of sp³-hybridized carbons (Fsp3) is 0. The van der Waals surface area contributed by atoms with Gasteiger partial charge in [0.1, 0.15) is 0 Å². The maximum absolute atomic E-state index is 16.8. The standard InChI is InChI=1S/C28H19BF2N4/c30-29(31)34(20-13-5-2-6-14-20)27-21-15-7-9-17-23(21)33-26(27)28-25(32-19-11-3-1-4-12-19)22-16-8-10-18-24(22)35(28)29/h1-18,32H. The van der Waals surface area contributed by atoms with Gasteiger partial charge in [0.2, 0.25) is 0 Å². The highest BCUT2D eigenvalue weighted by molar-refractivity contribution is 6.68. The van der Waals surface area contributed by atoms with Gasteiger partial charge in [-0.15, -0.1) is 0 Å². The number of hydrogen-bond acceptors (Lipinski definition) is 2. The molecule has 0 atom stereocenters. The molecular formula is C28H19BF2N4. The van der Waals surface area contributed by atoms with E-state index in [0.717, 1.165) is 11.1 Å². The molecule has 0 fully saturated rings. The first-order chi connectivity index (χ1) is 17.1. The van der Waals surface area contributed by atoms with Gasteiger partial charge in [-0.3, -0.25) is 0 Å². The third kappa shape index (κ3) is 2.78. The van der Waals surface area contributed by atoms with Crippen LogP contribution in [0.3, 0.4) is 0 Å². The van der Waals surface area contributed by atoms with E-state index in [1.807, 2.05) is 72.8 Å². The number of para-hydroxylation sites is 4.